The van der Waals surface area contributed by atoms with Crippen molar-refractivity contribution in [2.45, 2.75) is 18.7 Å². The maximum atomic E-state index is 13.0. The van der Waals surface area contributed by atoms with Crippen LogP contribution in [0.1, 0.15) is 12.0 Å². The molecular weight excluding hydrogens is 385 g/mol. The minimum atomic E-state index is -4.51. The molecule has 3 N–H and O–H groups in total. The van der Waals surface area contributed by atoms with Gasteiger partial charge in [0.2, 0.25) is 5.91 Å². The molecule has 0 fully saturated rings. The van der Waals surface area contributed by atoms with Gasteiger partial charge in [-0.1, -0.05) is 12.1 Å². The highest BCUT2D eigenvalue weighted by molar-refractivity contribution is 5.91. The second-order valence-corrected chi connectivity index (χ2v) is 5.47. The van der Waals surface area contributed by atoms with E-state index in [4.69, 9.17) is 15.2 Å². The molecular formula is C18H20ClF3N2O3. The molecule has 2 rings (SSSR count). The number of nitrogens with two attached hydrogens (primary N) is 1. The summed E-state index contributed by atoms with van der Waals surface area (Å²) in [5.41, 5.74) is 5.09. The molecule has 1 unspecified atom stereocenters. The average Bonchev–Trinajstić information content (AvgIpc) is 2.61. The van der Waals surface area contributed by atoms with Crippen molar-refractivity contribution in [3.05, 3.63) is 54.1 Å². The largest absolute Gasteiger partial charge is 0.457 e. The van der Waals surface area contributed by atoms with Gasteiger partial charge in [-0.05, 0) is 36.4 Å². The summed E-state index contributed by atoms with van der Waals surface area (Å²) in [5, 5.41) is 2.66. The Bertz CT molecular complexity index is 735. The highest BCUT2D eigenvalue weighted by atomic mass is 35.5. The van der Waals surface area contributed by atoms with Crippen molar-refractivity contribution < 1.29 is 27.4 Å². The van der Waals surface area contributed by atoms with Gasteiger partial charge in [-0.3, -0.25) is 4.79 Å². The number of benzene rings is 2. The van der Waals surface area contributed by atoms with Gasteiger partial charge in [0, 0.05) is 19.3 Å². The van der Waals surface area contributed by atoms with Crippen LogP contribution in [0.25, 0.3) is 0 Å². The van der Waals surface area contributed by atoms with Gasteiger partial charge in [0.25, 0.3) is 0 Å². The van der Waals surface area contributed by atoms with Gasteiger partial charge >= 0.3 is 6.18 Å². The second-order valence-electron chi connectivity index (χ2n) is 5.47. The van der Waals surface area contributed by atoms with Crippen LogP contribution in [0.5, 0.6) is 11.5 Å². The lowest BCUT2D eigenvalue weighted by Crippen LogP contribution is -2.28. The number of anilines is 1. The van der Waals surface area contributed by atoms with Crippen molar-refractivity contribution in [1.29, 1.82) is 0 Å². The summed E-state index contributed by atoms with van der Waals surface area (Å²) in [4.78, 5) is 11.9. The Kier molecular flexibility index (Phi) is 8.55. The molecule has 0 saturated heterocycles. The summed E-state index contributed by atoms with van der Waals surface area (Å²) in [7, 11) is 1.47. The van der Waals surface area contributed by atoms with Crippen molar-refractivity contribution in [1.82, 2.24) is 0 Å². The Balaban J connectivity index is 0.00000364. The van der Waals surface area contributed by atoms with Gasteiger partial charge in [0.1, 0.15) is 11.5 Å². The number of nitrogens with one attached hydrogen (secondary N) is 1. The number of carbonyl (C=O) groups excluding carboxylic acids is 1. The van der Waals surface area contributed by atoms with E-state index in [1.165, 1.54) is 49.6 Å². The molecule has 0 saturated carbocycles. The van der Waals surface area contributed by atoms with E-state index in [1.807, 2.05) is 0 Å². The summed E-state index contributed by atoms with van der Waals surface area (Å²) >= 11 is 0. The molecule has 1 amide bonds. The average molecular weight is 405 g/mol. The zero-order chi connectivity index (χ0) is 19.2. The van der Waals surface area contributed by atoms with E-state index in [0.717, 1.165) is 6.07 Å². The zero-order valence-corrected chi connectivity index (χ0v) is 15.3. The minimum absolute atomic E-state index is 0. The number of methoxy groups -OCH3 is 1. The lowest BCUT2D eigenvalue weighted by Gasteiger charge is -2.14. The van der Waals surface area contributed by atoms with Crippen molar-refractivity contribution in [3.63, 3.8) is 0 Å². The molecule has 0 heterocycles. The summed E-state index contributed by atoms with van der Waals surface area (Å²) < 4.78 is 49.3. The maximum Gasteiger partial charge on any atom is 0.419 e. The fourth-order valence-electron chi connectivity index (χ4n) is 2.20. The standard InChI is InChI=1S/C18H19F3N2O3.ClH/c1-25-14(11-22)10-17(24)23-12-6-8-13(9-7-12)26-16-5-3-2-4-15(16)18(19,20)21;/h2-9,14H,10-11,22H2,1H3,(H,23,24);1H. The van der Waals surface area contributed by atoms with E-state index in [9.17, 15) is 18.0 Å². The van der Waals surface area contributed by atoms with Gasteiger partial charge in [-0.2, -0.15) is 13.2 Å². The summed E-state index contributed by atoms with van der Waals surface area (Å²) in [6, 6.07) is 11.0. The number of rotatable bonds is 7. The number of alkyl halides is 3. The molecule has 0 bridgehead atoms. The first-order valence-corrected chi connectivity index (χ1v) is 7.80. The molecule has 27 heavy (non-hydrogen) atoms. The van der Waals surface area contributed by atoms with Gasteiger partial charge in [0.15, 0.2) is 0 Å². The highest BCUT2D eigenvalue weighted by Crippen LogP contribution is 2.37. The van der Waals surface area contributed by atoms with Crippen molar-refractivity contribution in [3.8, 4) is 11.5 Å². The summed E-state index contributed by atoms with van der Waals surface area (Å²) in [6.45, 7) is 0.218. The Morgan fingerprint density at radius 2 is 1.78 bits per heavy atom. The van der Waals surface area contributed by atoms with Crippen LogP contribution < -0.4 is 15.8 Å². The molecule has 2 aromatic rings. The van der Waals surface area contributed by atoms with Crippen molar-refractivity contribution in [2.24, 2.45) is 5.73 Å². The second kappa shape index (κ2) is 10.1. The molecule has 2 aromatic carbocycles. The predicted octanol–water partition coefficient (Wildman–Crippen LogP) is 4.22. The number of halogens is 4. The van der Waals surface area contributed by atoms with Gasteiger partial charge in [-0.25, -0.2) is 0 Å². The molecule has 9 heteroatoms. The third kappa shape index (κ3) is 6.74. The van der Waals surface area contributed by atoms with Gasteiger partial charge < -0.3 is 20.5 Å². The quantitative estimate of drug-likeness (QED) is 0.724. The SMILES string of the molecule is COC(CN)CC(=O)Nc1ccc(Oc2ccccc2C(F)(F)F)cc1.Cl. The van der Waals surface area contributed by atoms with E-state index in [1.54, 1.807) is 0 Å². The lowest BCUT2D eigenvalue weighted by atomic mass is 10.2. The van der Waals surface area contributed by atoms with Gasteiger partial charge in [-0.15, -0.1) is 12.4 Å². The summed E-state index contributed by atoms with van der Waals surface area (Å²) in [6.07, 6.45) is -4.79. The van der Waals surface area contributed by atoms with Crippen LogP contribution in [-0.4, -0.2) is 25.7 Å². The monoisotopic (exact) mass is 404 g/mol. The van der Waals surface area contributed by atoms with E-state index in [-0.39, 0.29) is 48.9 Å². The first-order chi connectivity index (χ1) is 12.3. The Hall–Kier alpha value is -2.29. The smallest absolute Gasteiger partial charge is 0.419 e. The van der Waals surface area contributed by atoms with Crippen LogP contribution >= 0.6 is 12.4 Å². The molecule has 0 aliphatic heterocycles. The molecule has 0 spiro atoms. The number of hydrogen-bond acceptors (Lipinski definition) is 4. The van der Waals surface area contributed by atoms with Gasteiger partial charge in [0.05, 0.1) is 18.1 Å². The zero-order valence-electron chi connectivity index (χ0n) is 14.5. The summed E-state index contributed by atoms with van der Waals surface area (Å²) in [5.74, 6) is -0.350. The number of para-hydroxylation sites is 1. The van der Waals surface area contributed by atoms with Crippen LogP contribution in [0.2, 0.25) is 0 Å². The maximum absolute atomic E-state index is 13.0. The first-order valence-electron chi connectivity index (χ1n) is 7.80. The van der Waals surface area contributed by atoms with E-state index in [0.29, 0.717) is 5.69 Å². The fraction of sp³-hybridized carbons (Fsp3) is 0.278. The normalized spacial score (nSPS) is 12.0. The van der Waals surface area contributed by atoms with E-state index < -0.39 is 11.7 Å². The third-order valence-corrected chi connectivity index (χ3v) is 3.57. The Labute approximate surface area is 161 Å². The number of amides is 1. The van der Waals surface area contributed by atoms with E-state index >= 15 is 0 Å². The van der Waals surface area contributed by atoms with Crippen LogP contribution in [0.3, 0.4) is 0 Å². The fourth-order valence-corrected chi connectivity index (χ4v) is 2.20. The Morgan fingerprint density at radius 1 is 1.15 bits per heavy atom. The molecule has 1 atom stereocenters. The van der Waals surface area contributed by atoms with Crippen LogP contribution in [0.15, 0.2) is 48.5 Å². The topological polar surface area (TPSA) is 73.6 Å². The van der Waals surface area contributed by atoms with E-state index in [2.05, 4.69) is 5.32 Å². The predicted molar refractivity (Wildman–Crippen MR) is 98.3 cm³/mol. The number of carbonyl (C=O) groups is 1. The highest BCUT2D eigenvalue weighted by Gasteiger charge is 2.34. The van der Waals surface area contributed by atoms with Crippen LogP contribution in [-0.2, 0) is 15.7 Å². The molecule has 0 radical (unpaired) electrons. The molecule has 0 aliphatic rings. The molecule has 0 aliphatic carbocycles. The molecule has 148 valence electrons. The lowest BCUT2D eigenvalue weighted by molar-refractivity contribution is -0.138. The number of ether oxygens (including phenoxy) is 2. The van der Waals surface area contributed by atoms with Crippen LogP contribution in [0, 0.1) is 0 Å². The minimum Gasteiger partial charge on any atom is -0.457 e. The third-order valence-electron chi connectivity index (χ3n) is 3.57. The first kappa shape index (κ1) is 22.8. The number of hydrogen-bond donors (Lipinski definition) is 2. The molecule has 0 aromatic heterocycles. The van der Waals surface area contributed by atoms with Crippen molar-refractivity contribution in [2.75, 3.05) is 19.0 Å². The van der Waals surface area contributed by atoms with Crippen molar-refractivity contribution >= 4 is 24.0 Å². The Morgan fingerprint density at radius 3 is 2.33 bits per heavy atom. The van der Waals surface area contributed by atoms with Crippen LogP contribution in [0.4, 0.5) is 18.9 Å². The molecule has 5 nitrogen and oxygen atoms in total.